The molecule has 0 amide bonds. The van der Waals surface area contributed by atoms with E-state index < -0.39 is 0 Å². The molecule has 0 unspecified atom stereocenters. The van der Waals surface area contributed by atoms with E-state index in [0.29, 0.717) is 11.5 Å². The van der Waals surface area contributed by atoms with E-state index in [4.69, 9.17) is 4.74 Å². The van der Waals surface area contributed by atoms with Crippen LogP contribution in [-0.2, 0) is 9.53 Å². The topological polar surface area (TPSA) is 26.3 Å². The molecular formula is C10H20O2S. The Hall–Kier alpha value is -0.0200. The van der Waals surface area contributed by atoms with Gasteiger partial charge >= 0.3 is 0 Å². The van der Waals surface area contributed by atoms with E-state index in [1.54, 1.807) is 18.9 Å². The van der Waals surface area contributed by atoms with Gasteiger partial charge in [-0.15, -0.1) is 0 Å². The van der Waals surface area contributed by atoms with Crippen LogP contribution in [-0.4, -0.2) is 31.0 Å². The number of ketones is 1. The average molecular weight is 204 g/mol. The molecule has 0 atom stereocenters. The van der Waals surface area contributed by atoms with Gasteiger partial charge in [0.1, 0.15) is 5.78 Å². The summed E-state index contributed by atoms with van der Waals surface area (Å²) in [6.07, 6.45) is 1.03. The van der Waals surface area contributed by atoms with Crippen LogP contribution in [0.25, 0.3) is 0 Å². The number of thioether (sulfide) groups is 1. The van der Waals surface area contributed by atoms with Gasteiger partial charge in [-0.1, -0.05) is 20.8 Å². The molecule has 0 N–H and O–H groups in total. The van der Waals surface area contributed by atoms with Crippen LogP contribution in [0, 0.1) is 5.41 Å². The molecule has 0 saturated heterocycles. The standard InChI is InChI=1S/C10H20O2S/c1-10(2,3)9(11)8-13-7-5-6-12-4/h5-8H2,1-4H3. The Balaban J connectivity index is 3.38. The monoisotopic (exact) mass is 204 g/mol. The van der Waals surface area contributed by atoms with Crippen LogP contribution in [0.1, 0.15) is 27.2 Å². The highest BCUT2D eigenvalue weighted by atomic mass is 32.2. The third-order valence-corrected chi connectivity index (χ3v) is 2.75. The number of hydrogen-bond donors (Lipinski definition) is 0. The lowest BCUT2D eigenvalue weighted by Gasteiger charge is -2.15. The first-order chi connectivity index (χ1) is 5.98. The van der Waals surface area contributed by atoms with Gasteiger partial charge in [-0.2, -0.15) is 11.8 Å². The Kier molecular flexibility index (Phi) is 6.43. The fourth-order valence-corrected chi connectivity index (χ4v) is 1.77. The van der Waals surface area contributed by atoms with Gasteiger partial charge in [0, 0.05) is 19.1 Å². The fraction of sp³-hybridized carbons (Fsp3) is 0.900. The summed E-state index contributed by atoms with van der Waals surface area (Å²) in [4.78, 5) is 11.4. The molecule has 0 bridgehead atoms. The van der Waals surface area contributed by atoms with Crippen molar-refractivity contribution in [3.63, 3.8) is 0 Å². The van der Waals surface area contributed by atoms with Gasteiger partial charge in [0.2, 0.25) is 0 Å². The van der Waals surface area contributed by atoms with Crippen molar-refractivity contribution in [1.29, 1.82) is 0 Å². The zero-order chi connectivity index (χ0) is 10.3. The van der Waals surface area contributed by atoms with Crippen molar-refractivity contribution in [3.8, 4) is 0 Å². The lowest BCUT2D eigenvalue weighted by atomic mass is 9.92. The van der Waals surface area contributed by atoms with Crippen molar-refractivity contribution < 1.29 is 9.53 Å². The summed E-state index contributed by atoms with van der Waals surface area (Å²) in [6.45, 7) is 6.68. The molecule has 3 heteroatoms. The second-order valence-electron chi connectivity index (χ2n) is 4.07. The first kappa shape index (κ1) is 13.0. The Morgan fingerprint density at radius 2 is 2.00 bits per heavy atom. The van der Waals surface area contributed by atoms with Gasteiger partial charge in [-0.05, 0) is 12.2 Å². The lowest BCUT2D eigenvalue weighted by molar-refractivity contribution is -0.123. The Morgan fingerprint density at radius 3 is 2.46 bits per heavy atom. The molecule has 0 fully saturated rings. The van der Waals surface area contributed by atoms with Crippen molar-refractivity contribution in [2.75, 3.05) is 25.2 Å². The molecule has 0 heterocycles. The van der Waals surface area contributed by atoms with Crippen molar-refractivity contribution in [3.05, 3.63) is 0 Å². The van der Waals surface area contributed by atoms with Crippen molar-refractivity contribution in [2.45, 2.75) is 27.2 Å². The summed E-state index contributed by atoms with van der Waals surface area (Å²) < 4.78 is 4.92. The molecule has 0 aromatic carbocycles. The molecule has 0 aromatic heterocycles. The molecule has 0 radical (unpaired) electrons. The van der Waals surface area contributed by atoms with Gasteiger partial charge < -0.3 is 4.74 Å². The number of Topliss-reactive ketones (excluding diaryl/α,β-unsaturated/α-hetero) is 1. The van der Waals surface area contributed by atoms with Gasteiger partial charge in [0.05, 0.1) is 5.75 Å². The number of methoxy groups -OCH3 is 1. The normalized spacial score (nSPS) is 11.7. The van der Waals surface area contributed by atoms with Gasteiger partial charge in [-0.25, -0.2) is 0 Å². The SMILES string of the molecule is COCCCSCC(=O)C(C)(C)C. The third kappa shape index (κ3) is 7.08. The number of carbonyl (C=O) groups is 1. The molecule has 0 spiro atoms. The summed E-state index contributed by atoms with van der Waals surface area (Å²) >= 11 is 1.70. The van der Waals surface area contributed by atoms with Crippen LogP contribution in [0.4, 0.5) is 0 Å². The Morgan fingerprint density at radius 1 is 1.38 bits per heavy atom. The van der Waals surface area contributed by atoms with E-state index in [-0.39, 0.29) is 5.41 Å². The van der Waals surface area contributed by atoms with Crippen LogP contribution in [0.15, 0.2) is 0 Å². The average Bonchev–Trinajstić information content (AvgIpc) is 2.02. The molecule has 0 saturated carbocycles. The first-order valence-electron chi connectivity index (χ1n) is 4.58. The highest BCUT2D eigenvalue weighted by Crippen LogP contribution is 2.17. The maximum Gasteiger partial charge on any atom is 0.148 e. The van der Waals surface area contributed by atoms with Crippen LogP contribution >= 0.6 is 11.8 Å². The molecule has 13 heavy (non-hydrogen) atoms. The number of hydrogen-bond acceptors (Lipinski definition) is 3. The zero-order valence-electron chi connectivity index (χ0n) is 9.05. The van der Waals surface area contributed by atoms with Crippen LogP contribution in [0.3, 0.4) is 0 Å². The number of rotatable bonds is 6. The molecular weight excluding hydrogens is 184 g/mol. The third-order valence-electron chi connectivity index (χ3n) is 1.71. The Bertz CT molecular complexity index is 149. The van der Waals surface area contributed by atoms with Crippen LogP contribution < -0.4 is 0 Å². The highest BCUT2D eigenvalue weighted by Gasteiger charge is 2.20. The van der Waals surface area contributed by atoms with Crippen LogP contribution in [0.5, 0.6) is 0 Å². The largest absolute Gasteiger partial charge is 0.385 e. The van der Waals surface area contributed by atoms with E-state index in [2.05, 4.69) is 0 Å². The summed E-state index contributed by atoms with van der Waals surface area (Å²) in [7, 11) is 1.70. The molecule has 0 rings (SSSR count). The predicted octanol–water partition coefficient (Wildman–Crippen LogP) is 2.37. The fourth-order valence-electron chi connectivity index (χ4n) is 0.687. The van der Waals surface area contributed by atoms with E-state index in [9.17, 15) is 4.79 Å². The summed E-state index contributed by atoms with van der Waals surface area (Å²) in [5, 5.41) is 0. The smallest absolute Gasteiger partial charge is 0.148 e. The molecule has 0 aliphatic carbocycles. The van der Waals surface area contributed by atoms with Crippen molar-refractivity contribution in [1.82, 2.24) is 0 Å². The number of carbonyl (C=O) groups excluding carboxylic acids is 1. The summed E-state index contributed by atoms with van der Waals surface area (Å²) in [5.41, 5.74) is -0.186. The zero-order valence-corrected chi connectivity index (χ0v) is 9.87. The minimum atomic E-state index is -0.186. The van der Waals surface area contributed by atoms with E-state index in [0.717, 1.165) is 18.8 Å². The molecule has 78 valence electrons. The predicted molar refractivity (Wildman–Crippen MR) is 58.3 cm³/mol. The van der Waals surface area contributed by atoms with Crippen molar-refractivity contribution in [2.24, 2.45) is 5.41 Å². The van der Waals surface area contributed by atoms with Gasteiger partial charge in [0.25, 0.3) is 0 Å². The van der Waals surface area contributed by atoms with E-state index >= 15 is 0 Å². The minimum Gasteiger partial charge on any atom is -0.385 e. The Labute approximate surface area is 85.4 Å². The quantitative estimate of drug-likeness (QED) is 0.621. The summed E-state index contributed by atoms with van der Waals surface area (Å²) in [6, 6.07) is 0. The second kappa shape index (κ2) is 6.44. The van der Waals surface area contributed by atoms with Gasteiger partial charge in [0.15, 0.2) is 0 Å². The summed E-state index contributed by atoms with van der Waals surface area (Å²) in [5.74, 6) is 1.97. The highest BCUT2D eigenvalue weighted by molar-refractivity contribution is 7.99. The molecule has 0 aliphatic heterocycles. The van der Waals surface area contributed by atoms with Gasteiger partial charge in [-0.3, -0.25) is 4.79 Å². The van der Waals surface area contributed by atoms with Crippen LogP contribution in [0.2, 0.25) is 0 Å². The molecule has 2 nitrogen and oxygen atoms in total. The lowest BCUT2D eigenvalue weighted by Crippen LogP contribution is -2.22. The molecule has 0 aromatic rings. The maximum absolute atomic E-state index is 11.4. The van der Waals surface area contributed by atoms with E-state index in [1.165, 1.54) is 0 Å². The second-order valence-corrected chi connectivity index (χ2v) is 5.18. The van der Waals surface area contributed by atoms with Crippen molar-refractivity contribution >= 4 is 17.5 Å². The number of ether oxygens (including phenoxy) is 1. The maximum atomic E-state index is 11.4. The molecule has 0 aliphatic rings. The minimum absolute atomic E-state index is 0.186. The van der Waals surface area contributed by atoms with E-state index in [1.807, 2.05) is 20.8 Å². The first-order valence-corrected chi connectivity index (χ1v) is 5.74.